The Kier molecular flexibility index (Phi) is 11.0. The maximum atomic E-state index is 14.0. The summed E-state index contributed by atoms with van der Waals surface area (Å²) in [5.41, 5.74) is 4.96. The predicted octanol–water partition coefficient (Wildman–Crippen LogP) is 5.71. The second-order valence-corrected chi connectivity index (χ2v) is 14.0. The molecule has 0 radical (unpaired) electrons. The molecular formula is C34H45N3O4S. The van der Waals surface area contributed by atoms with Crippen LogP contribution in [0.15, 0.2) is 72.8 Å². The summed E-state index contributed by atoms with van der Waals surface area (Å²) in [6, 6.07) is 22.4. The van der Waals surface area contributed by atoms with Crippen molar-refractivity contribution in [1.82, 2.24) is 10.2 Å². The predicted molar refractivity (Wildman–Crippen MR) is 171 cm³/mol. The average molecular weight is 592 g/mol. The zero-order chi connectivity index (χ0) is 31.1. The minimum Gasteiger partial charge on any atom is -0.350 e. The van der Waals surface area contributed by atoms with Crippen molar-refractivity contribution in [1.29, 1.82) is 0 Å². The van der Waals surface area contributed by atoms with Crippen LogP contribution < -0.4 is 9.62 Å². The van der Waals surface area contributed by atoms with E-state index >= 15 is 0 Å². The van der Waals surface area contributed by atoms with Gasteiger partial charge in [0, 0.05) is 31.5 Å². The average Bonchev–Trinajstić information content (AvgIpc) is 2.90. The Labute approximate surface area is 252 Å². The molecule has 0 aliphatic carbocycles. The quantitative estimate of drug-likeness (QED) is 0.292. The molecule has 0 fully saturated rings. The van der Waals surface area contributed by atoms with Crippen molar-refractivity contribution < 1.29 is 18.0 Å². The number of sulfonamides is 1. The summed E-state index contributed by atoms with van der Waals surface area (Å²) >= 11 is 0. The topological polar surface area (TPSA) is 86.8 Å². The summed E-state index contributed by atoms with van der Waals surface area (Å²) in [4.78, 5) is 29.5. The number of hydrogen-bond acceptors (Lipinski definition) is 4. The summed E-state index contributed by atoms with van der Waals surface area (Å²) in [6.07, 6.45) is 1.95. The molecule has 2 amide bonds. The highest BCUT2D eigenvalue weighted by molar-refractivity contribution is 7.92. The SMILES string of the molecule is Cc1ccccc1CN(C(=O)CCCN(c1cccc(C)c1C)S(C)(=O)=O)[C@@H](Cc1ccccc1)C(=O)NC(C)(C)C. The van der Waals surface area contributed by atoms with Crippen LogP contribution >= 0.6 is 0 Å². The molecule has 42 heavy (non-hydrogen) atoms. The van der Waals surface area contributed by atoms with E-state index < -0.39 is 21.6 Å². The largest absolute Gasteiger partial charge is 0.350 e. The summed E-state index contributed by atoms with van der Waals surface area (Å²) < 4.78 is 27.0. The number of nitrogens with one attached hydrogen (secondary N) is 1. The summed E-state index contributed by atoms with van der Waals surface area (Å²) in [5.74, 6) is -0.418. The lowest BCUT2D eigenvalue weighted by Gasteiger charge is -2.34. The molecule has 3 aromatic rings. The Morgan fingerprint density at radius 1 is 0.857 bits per heavy atom. The highest BCUT2D eigenvalue weighted by atomic mass is 32.2. The van der Waals surface area contributed by atoms with E-state index in [1.54, 1.807) is 11.0 Å². The van der Waals surface area contributed by atoms with Gasteiger partial charge in [0.2, 0.25) is 21.8 Å². The summed E-state index contributed by atoms with van der Waals surface area (Å²) in [7, 11) is -3.58. The van der Waals surface area contributed by atoms with E-state index in [0.717, 1.165) is 27.8 Å². The fourth-order valence-corrected chi connectivity index (χ4v) is 5.98. The third kappa shape index (κ3) is 9.18. The summed E-state index contributed by atoms with van der Waals surface area (Å²) in [5, 5.41) is 3.08. The van der Waals surface area contributed by atoms with Gasteiger partial charge in [-0.2, -0.15) is 0 Å². The van der Waals surface area contributed by atoms with Gasteiger partial charge in [-0.05, 0) is 81.8 Å². The molecule has 0 spiro atoms. The molecule has 3 aromatic carbocycles. The first-order chi connectivity index (χ1) is 19.7. The third-order valence-corrected chi connectivity index (χ3v) is 8.55. The van der Waals surface area contributed by atoms with Gasteiger partial charge in [-0.1, -0.05) is 66.7 Å². The van der Waals surface area contributed by atoms with Gasteiger partial charge in [-0.15, -0.1) is 0 Å². The minimum absolute atomic E-state index is 0.0941. The van der Waals surface area contributed by atoms with Gasteiger partial charge >= 0.3 is 0 Å². The van der Waals surface area contributed by atoms with Gasteiger partial charge in [-0.25, -0.2) is 8.42 Å². The number of benzene rings is 3. The number of hydrogen-bond donors (Lipinski definition) is 1. The van der Waals surface area contributed by atoms with Crippen LogP contribution in [0.25, 0.3) is 0 Å². The van der Waals surface area contributed by atoms with Crippen LogP contribution in [0, 0.1) is 20.8 Å². The molecule has 1 N–H and O–H groups in total. The first-order valence-corrected chi connectivity index (χ1v) is 16.3. The monoisotopic (exact) mass is 591 g/mol. The molecule has 0 heterocycles. The number of aryl methyl sites for hydroxylation is 2. The molecule has 0 saturated heterocycles. The van der Waals surface area contributed by atoms with Gasteiger partial charge < -0.3 is 10.2 Å². The normalized spacial score (nSPS) is 12.5. The number of carbonyl (C=O) groups is 2. The molecule has 8 heteroatoms. The van der Waals surface area contributed by atoms with Crippen molar-refractivity contribution in [3.8, 4) is 0 Å². The number of amides is 2. The molecule has 3 rings (SSSR count). The number of anilines is 1. The Bertz CT molecular complexity index is 1480. The molecule has 0 bridgehead atoms. The van der Waals surface area contributed by atoms with Crippen molar-refractivity contribution in [2.24, 2.45) is 0 Å². The fourth-order valence-electron chi connectivity index (χ4n) is 4.97. The van der Waals surface area contributed by atoms with E-state index in [0.29, 0.717) is 18.5 Å². The first-order valence-electron chi connectivity index (χ1n) is 14.4. The second kappa shape index (κ2) is 14.0. The lowest BCUT2D eigenvalue weighted by atomic mass is 9.99. The molecular weight excluding hydrogens is 546 g/mol. The molecule has 226 valence electrons. The van der Waals surface area contributed by atoms with Crippen LogP contribution in [-0.2, 0) is 32.6 Å². The van der Waals surface area contributed by atoms with Crippen LogP contribution in [0.5, 0.6) is 0 Å². The van der Waals surface area contributed by atoms with Crippen molar-refractivity contribution in [3.63, 3.8) is 0 Å². The maximum absolute atomic E-state index is 14.0. The number of nitrogens with zero attached hydrogens (tertiary/aromatic N) is 2. The zero-order valence-corrected chi connectivity index (χ0v) is 26.8. The fraction of sp³-hybridized carbons (Fsp3) is 0.412. The van der Waals surface area contributed by atoms with Gasteiger partial charge in [0.15, 0.2) is 0 Å². The van der Waals surface area contributed by atoms with E-state index in [-0.39, 0.29) is 31.3 Å². The van der Waals surface area contributed by atoms with E-state index in [4.69, 9.17) is 0 Å². The first kappa shape index (κ1) is 32.9. The highest BCUT2D eigenvalue weighted by Crippen LogP contribution is 2.26. The second-order valence-electron chi connectivity index (χ2n) is 12.1. The van der Waals surface area contributed by atoms with Crippen LogP contribution in [0.2, 0.25) is 0 Å². The number of carbonyl (C=O) groups excluding carboxylic acids is 2. The lowest BCUT2D eigenvalue weighted by molar-refractivity contribution is -0.142. The Morgan fingerprint density at radius 2 is 1.48 bits per heavy atom. The van der Waals surface area contributed by atoms with E-state index in [2.05, 4.69) is 5.32 Å². The smallest absolute Gasteiger partial charge is 0.243 e. The third-order valence-electron chi connectivity index (χ3n) is 7.37. The molecule has 1 atom stereocenters. The molecule has 0 unspecified atom stereocenters. The minimum atomic E-state index is -3.58. The van der Waals surface area contributed by atoms with Crippen molar-refractivity contribution in [2.45, 2.75) is 78.9 Å². The van der Waals surface area contributed by atoms with Crippen LogP contribution in [-0.4, -0.2) is 49.5 Å². The highest BCUT2D eigenvalue weighted by Gasteiger charge is 2.32. The van der Waals surface area contributed by atoms with Gasteiger partial charge in [0.1, 0.15) is 6.04 Å². The van der Waals surface area contributed by atoms with Crippen molar-refractivity contribution >= 4 is 27.5 Å². The molecule has 0 aliphatic rings. The van der Waals surface area contributed by atoms with E-state index in [1.165, 1.54) is 10.6 Å². The molecule has 0 aromatic heterocycles. The van der Waals surface area contributed by atoms with Gasteiger partial charge in [0.05, 0.1) is 11.9 Å². The van der Waals surface area contributed by atoms with E-state index in [9.17, 15) is 18.0 Å². The van der Waals surface area contributed by atoms with Crippen LogP contribution in [0.4, 0.5) is 5.69 Å². The van der Waals surface area contributed by atoms with Crippen LogP contribution in [0.1, 0.15) is 61.4 Å². The zero-order valence-electron chi connectivity index (χ0n) is 26.0. The van der Waals surface area contributed by atoms with Crippen molar-refractivity contribution in [3.05, 3.63) is 101 Å². The van der Waals surface area contributed by atoms with Crippen molar-refractivity contribution in [2.75, 3.05) is 17.1 Å². The van der Waals surface area contributed by atoms with Gasteiger partial charge in [0.25, 0.3) is 0 Å². The maximum Gasteiger partial charge on any atom is 0.243 e. The Balaban J connectivity index is 1.93. The Morgan fingerprint density at radius 3 is 2.10 bits per heavy atom. The van der Waals surface area contributed by atoms with Gasteiger partial charge in [-0.3, -0.25) is 13.9 Å². The molecule has 0 aliphatic heterocycles. The van der Waals surface area contributed by atoms with Crippen LogP contribution in [0.3, 0.4) is 0 Å². The molecule has 0 saturated carbocycles. The molecule has 7 nitrogen and oxygen atoms in total. The lowest BCUT2D eigenvalue weighted by Crippen LogP contribution is -2.54. The van der Waals surface area contributed by atoms with E-state index in [1.807, 2.05) is 108 Å². The Hall–Kier alpha value is -3.65. The summed E-state index contributed by atoms with van der Waals surface area (Å²) in [6.45, 7) is 12.0. The number of rotatable bonds is 12. The standard InChI is InChI=1S/C34H45N3O4S/c1-25-16-13-20-30(27(25)3)37(42(7,40)41)22-14-21-32(38)36(24-29-19-12-11-15-26(29)2)31(33(39)35-34(4,5)6)23-28-17-9-8-10-18-28/h8-13,15-20,31H,14,21-24H2,1-7H3,(H,35,39)/t31-/m0/s1.